The van der Waals surface area contributed by atoms with Gasteiger partial charge in [-0.15, -0.1) is 0 Å². The van der Waals surface area contributed by atoms with Crippen molar-refractivity contribution in [1.82, 2.24) is 14.8 Å². The van der Waals surface area contributed by atoms with E-state index in [9.17, 15) is 32.7 Å². The predicted octanol–water partition coefficient (Wildman–Crippen LogP) is 2.33. The van der Waals surface area contributed by atoms with Crippen LogP contribution in [-0.4, -0.2) is 46.6 Å². The van der Waals surface area contributed by atoms with Gasteiger partial charge in [0, 0.05) is 50.9 Å². The van der Waals surface area contributed by atoms with Crippen molar-refractivity contribution < 1.29 is 32.6 Å². The number of pyridine rings is 1. The molecule has 5 rings (SSSR count). The van der Waals surface area contributed by atoms with Gasteiger partial charge in [-0.2, -0.15) is 0 Å². The van der Waals surface area contributed by atoms with Crippen molar-refractivity contribution in [3.63, 3.8) is 0 Å². The number of fused-ring (bicyclic) bond motifs is 1. The summed E-state index contributed by atoms with van der Waals surface area (Å²) in [6.07, 6.45) is 1.91. The lowest BCUT2D eigenvalue weighted by molar-refractivity contribution is 0.0497. The van der Waals surface area contributed by atoms with Crippen molar-refractivity contribution in [2.45, 2.75) is 43.9 Å². The summed E-state index contributed by atoms with van der Waals surface area (Å²) in [6.45, 7) is 0.201. The summed E-state index contributed by atoms with van der Waals surface area (Å²) in [4.78, 5) is 41.0. The van der Waals surface area contributed by atoms with Gasteiger partial charge in [0.1, 0.15) is 29.1 Å². The van der Waals surface area contributed by atoms with Crippen LogP contribution >= 0.6 is 0 Å². The topological polar surface area (TPSA) is 101 Å². The second-order valence-electron chi connectivity index (χ2n) is 8.99. The molecule has 1 fully saturated rings. The molecule has 34 heavy (non-hydrogen) atoms. The van der Waals surface area contributed by atoms with Gasteiger partial charge in [-0.1, -0.05) is 0 Å². The number of methoxy groups -OCH3 is 1. The third-order valence-electron chi connectivity index (χ3n) is 7.07. The van der Waals surface area contributed by atoms with Gasteiger partial charge in [0.2, 0.25) is 5.43 Å². The summed E-state index contributed by atoms with van der Waals surface area (Å²) in [6, 6.07) is 0.968. The van der Waals surface area contributed by atoms with Gasteiger partial charge in [-0.3, -0.25) is 14.4 Å². The number of ether oxygens (including phenoxy) is 1. The first-order valence-electron chi connectivity index (χ1n) is 10.9. The molecule has 0 unspecified atom stereocenters. The summed E-state index contributed by atoms with van der Waals surface area (Å²) in [5.41, 5.74) is -2.74. The molecule has 2 aromatic rings. The average molecular weight is 477 g/mol. The highest BCUT2D eigenvalue weighted by molar-refractivity contribution is 6.00. The highest BCUT2D eigenvalue weighted by Gasteiger charge is 2.54. The Morgan fingerprint density at radius 2 is 1.94 bits per heavy atom. The van der Waals surface area contributed by atoms with Gasteiger partial charge < -0.3 is 24.6 Å². The van der Waals surface area contributed by atoms with E-state index in [2.05, 4.69) is 5.32 Å². The first-order chi connectivity index (χ1) is 16.2. The molecule has 2 N–H and O–H groups in total. The van der Waals surface area contributed by atoms with Crippen LogP contribution in [0.5, 0.6) is 5.75 Å². The second kappa shape index (κ2) is 7.86. The third kappa shape index (κ3) is 3.13. The van der Waals surface area contributed by atoms with E-state index in [1.807, 2.05) is 0 Å². The monoisotopic (exact) mass is 477 g/mol. The number of hydrogen-bond acceptors (Lipinski definition) is 5. The minimum absolute atomic E-state index is 0.160. The standard InChI is InChI=1S/C23H22F3N3O5/c1-34-15-8-23-4-2-3-5-28(10-23)22(33)18-20(31)19(30)16(17(15)29(18)23)21(32)27-9-12-13(25)6-11(24)7-14(12)26/h6-7,15,31H,2-5,8-10H2,1H3,(H,27,32)/t15-,23-/m0/s1. The van der Waals surface area contributed by atoms with E-state index in [1.54, 1.807) is 9.47 Å². The van der Waals surface area contributed by atoms with Gasteiger partial charge in [-0.05, 0) is 19.3 Å². The molecule has 4 heterocycles. The van der Waals surface area contributed by atoms with Crippen molar-refractivity contribution in [3.8, 4) is 5.75 Å². The molecule has 0 radical (unpaired) electrons. The van der Waals surface area contributed by atoms with E-state index in [-0.39, 0.29) is 11.4 Å². The van der Waals surface area contributed by atoms with Gasteiger partial charge in [0.15, 0.2) is 11.4 Å². The molecular formula is C23H22F3N3O5. The van der Waals surface area contributed by atoms with Crippen molar-refractivity contribution >= 4 is 11.8 Å². The lowest BCUT2D eigenvalue weighted by Gasteiger charge is -2.41. The Kier molecular flexibility index (Phi) is 5.19. The molecule has 3 aliphatic heterocycles. The van der Waals surface area contributed by atoms with Crippen LogP contribution in [-0.2, 0) is 16.8 Å². The third-order valence-corrected chi connectivity index (χ3v) is 7.07. The zero-order chi connectivity index (χ0) is 24.4. The summed E-state index contributed by atoms with van der Waals surface area (Å²) in [5.74, 6) is -5.81. The zero-order valence-corrected chi connectivity index (χ0v) is 18.3. The maximum atomic E-state index is 14.0. The number of aromatic nitrogens is 1. The van der Waals surface area contributed by atoms with Crippen LogP contribution < -0.4 is 10.7 Å². The number of carbonyl (C=O) groups is 2. The molecule has 0 saturated carbocycles. The molecule has 1 aromatic carbocycles. The van der Waals surface area contributed by atoms with Crippen molar-refractivity contribution in [1.29, 1.82) is 0 Å². The normalized spacial score (nSPS) is 23.0. The van der Waals surface area contributed by atoms with Crippen molar-refractivity contribution in [3.05, 3.63) is 62.3 Å². The van der Waals surface area contributed by atoms with Crippen LogP contribution in [0.4, 0.5) is 13.2 Å². The molecule has 2 amide bonds. The van der Waals surface area contributed by atoms with E-state index in [0.717, 1.165) is 12.8 Å². The number of hydrogen-bond donors (Lipinski definition) is 2. The molecule has 8 nitrogen and oxygen atoms in total. The minimum Gasteiger partial charge on any atom is -0.503 e. The van der Waals surface area contributed by atoms with Crippen LogP contribution in [0, 0.1) is 17.5 Å². The van der Waals surface area contributed by atoms with Crippen LogP contribution in [0.15, 0.2) is 16.9 Å². The number of aromatic hydroxyl groups is 1. The van der Waals surface area contributed by atoms with E-state index in [0.29, 0.717) is 38.1 Å². The molecule has 1 spiro atoms. The van der Waals surface area contributed by atoms with Gasteiger partial charge >= 0.3 is 0 Å². The molecule has 180 valence electrons. The lowest BCUT2D eigenvalue weighted by atomic mass is 9.88. The molecular weight excluding hydrogens is 455 g/mol. The number of halogens is 3. The maximum absolute atomic E-state index is 14.0. The number of carbonyl (C=O) groups excluding carboxylic acids is 2. The number of benzene rings is 1. The number of amides is 2. The van der Waals surface area contributed by atoms with E-state index >= 15 is 0 Å². The average Bonchev–Trinajstić information content (AvgIpc) is 2.96. The highest BCUT2D eigenvalue weighted by Crippen LogP contribution is 2.50. The smallest absolute Gasteiger partial charge is 0.274 e. The quantitative estimate of drug-likeness (QED) is 0.704. The van der Waals surface area contributed by atoms with Gasteiger partial charge in [-0.25, -0.2) is 13.2 Å². The molecule has 2 bridgehead atoms. The fourth-order valence-electron chi connectivity index (χ4n) is 5.56. The Labute approximate surface area is 191 Å². The number of nitrogens with one attached hydrogen (secondary N) is 1. The fourth-order valence-corrected chi connectivity index (χ4v) is 5.56. The van der Waals surface area contributed by atoms with E-state index < -0.39 is 69.8 Å². The second-order valence-corrected chi connectivity index (χ2v) is 8.99. The van der Waals surface area contributed by atoms with Gasteiger partial charge in [0.25, 0.3) is 11.8 Å². The molecule has 2 atom stereocenters. The first kappa shape index (κ1) is 22.5. The first-order valence-corrected chi connectivity index (χ1v) is 10.9. The van der Waals surface area contributed by atoms with Crippen molar-refractivity contribution in [2.75, 3.05) is 20.2 Å². The highest BCUT2D eigenvalue weighted by atomic mass is 19.1. The van der Waals surface area contributed by atoms with Gasteiger partial charge in [0.05, 0.1) is 11.2 Å². The largest absolute Gasteiger partial charge is 0.503 e. The Balaban J connectivity index is 1.63. The molecule has 1 saturated heterocycles. The van der Waals surface area contributed by atoms with Crippen LogP contribution in [0.1, 0.15) is 63.9 Å². The van der Waals surface area contributed by atoms with Crippen LogP contribution in [0.3, 0.4) is 0 Å². The molecule has 0 aliphatic carbocycles. The Morgan fingerprint density at radius 3 is 2.62 bits per heavy atom. The van der Waals surface area contributed by atoms with Crippen LogP contribution in [0.25, 0.3) is 0 Å². The molecule has 1 aromatic heterocycles. The molecule has 3 aliphatic rings. The maximum Gasteiger partial charge on any atom is 0.274 e. The van der Waals surface area contributed by atoms with E-state index in [4.69, 9.17) is 4.74 Å². The molecule has 11 heteroatoms. The summed E-state index contributed by atoms with van der Waals surface area (Å²) < 4.78 is 48.4. The van der Waals surface area contributed by atoms with Crippen LogP contribution in [0.2, 0.25) is 0 Å². The van der Waals surface area contributed by atoms with Crippen molar-refractivity contribution in [2.24, 2.45) is 0 Å². The number of nitrogens with zero attached hydrogens (tertiary/aromatic N) is 2. The summed E-state index contributed by atoms with van der Waals surface area (Å²) >= 11 is 0. The zero-order valence-electron chi connectivity index (χ0n) is 18.3. The Bertz CT molecular complexity index is 1270. The predicted molar refractivity (Wildman–Crippen MR) is 112 cm³/mol. The Hall–Kier alpha value is -3.34. The SMILES string of the molecule is CO[C@H]1C[C@@]23CCCCN(C2)C(=O)c2c(O)c(=O)c(C(=O)NCc4c(F)cc(F)cc4F)c1n23. The Morgan fingerprint density at radius 1 is 1.24 bits per heavy atom. The number of rotatable bonds is 4. The summed E-state index contributed by atoms with van der Waals surface area (Å²) in [7, 11) is 1.42. The fraction of sp³-hybridized carbons (Fsp3) is 0.435. The lowest BCUT2D eigenvalue weighted by Crippen LogP contribution is -2.52. The van der Waals surface area contributed by atoms with E-state index in [1.165, 1.54) is 7.11 Å². The minimum atomic E-state index is -1.19. The summed E-state index contributed by atoms with van der Waals surface area (Å²) in [5, 5.41) is 13.0.